The van der Waals surface area contributed by atoms with Crippen LogP contribution < -0.4 is 10.6 Å². The predicted molar refractivity (Wildman–Crippen MR) is 95.3 cm³/mol. The van der Waals surface area contributed by atoms with E-state index in [2.05, 4.69) is 41.3 Å². The van der Waals surface area contributed by atoms with Crippen LogP contribution in [-0.2, 0) is 9.84 Å². The quantitative estimate of drug-likeness (QED) is 0.437. The van der Waals surface area contributed by atoms with Crippen molar-refractivity contribution in [3.8, 4) is 0 Å². The molecule has 0 amide bonds. The van der Waals surface area contributed by atoms with Crippen LogP contribution in [-0.4, -0.2) is 70.1 Å². The van der Waals surface area contributed by atoms with Crippen molar-refractivity contribution >= 4 is 15.8 Å². The van der Waals surface area contributed by atoms with Crippen molar-refractivity contribution in [3.05, 3.63) is 0 Å². The Hall–Kier alpha value is -0.820. The topological polar surface area (TPSA) is 73.8 Å². The maximum absolute atomic E-state index is 11.4. The van der Waals surface area contributed by atoms with Gasteiger partial charge in [-0.15, -0.1) is 0 Å². The number of nitrogens with one attached hydrogen (secondary N) is 2. The average Bonchev–Trinajstić information content (AvgIpc) is 2.50. The number of rotatable bonds is 11. The Morgan fingerprint density at radius 1 is 1.23 bits per heavy atom. The fourth-order valence-corrected chi connectivity index (χ4v) is 2.83. The summed E-state index contributed by atoms with van der Waals surface area (Å²) in [6.07, 6.45) is 2.20. The normalized spacial score (nSPS) is 14.2. The summed E-state index contributed by atoms with van der Waals surface area (Å²) >= 11 is 0. The largest absolute Gasteiger partial charge is 0.355 e. The van der Waals surface area contributed by atoms with Gasteiger partial charge in [-0.1, -0.05) is 20.8 Å². The maximum Gasteiger partial charge on any atom is 0.191 e. The van der Waals surface area contributed by atoms with Crippen LogP contribution in [0.4, 0.5) is 0 Å². The Morgan fingerprint density at radius 2 is 1.86 bits per heavy atom. The highest BCUT2D eigenvalue weighted by Gasteiger charge is 2.09. The molecule has 0 fully saturated rings. The second-order valence-electron chi connectivity index (χ2n) is 5.45. The van der Waals surface area contributed by atoms with Crippen LogP contribution in [0.5, 0.6) is 0 Å². The summed E-state index contributed by atoms with van der Waals surface area (Å²) in [5.74, 6) is 0.991. The average molecular weight is 335 g/mol. The lowest BCUT2D eigenvalue weighted by Crippen LogP contribution is -2.44. The first kappa shape index (κ1) is 21.2. The number of hydrogen-bond donors (Lipinski definition) is 2. The van der Waals surface area contributed by atoms with Gasteiger partial charge in [0.2, 0.25) is 0 Å². The van der Waals surface area contributed by atoms with Gasteiger partial charge in [-0.3, -0.25) is 4.99 Å². The van der Waals surface area contributed by atoms with E-state index in [0.29, 0.717) is 18.5 Å². The molecule has 2 N–H and O–H groups in total. The molecule has 132 valence electrons. The van der Waals surface area contributed by atoms with Gasteiger partial charge in [0, 0.05) is 25.4 Å². The van der Waals surface area contributed by atoms with Gasteiger partial charge < -0.3 is 15.5 Å². The van der Waals surface area contributed by atoms with Crippen molar-refractivity contribution in [2.45, 2.75) is 46.6 Å². The first-order valence-corrected chi connectivity index (χ1v) is 10.1. The third kappa shape index (κ3) is 10.00. The van der Waals surface area contributed by atoms with Crippen LogP contribution in [0.15, 0.2) is 4.99 Å². The van der Waals surface area contributed by atoms with Crippen molar-refractivity contribution in [2.75, 3.05) is 44.7 Å². The molecule has 0 aromatic heterocycles. The molecule has 0 saturated heterocycles. The Bertz CT molecular complexity index is 406. The molecule has 0 aliphatic heterocycles. The van der Waals surface area contributed by atoms with E-state index in [4.69, 9.17) is 0 Å². The highest BCUT2D eigenvalue weighted by atomic mass is 32.2. The zero-order valence-electron chi connectivity index (χ0n) is 14.9. The van der Waals surface area contributed by atoms with Gasteiger partial charge in [0.25, 0.3) is 0 Å². The summed E-state index contributed by atoms with van der Waals surface area (Å²) in [5, 5.41) is 6.37. The smallest absolute Gasteiger partial charge is 0.191 e. The second kappa shape index (κ2) is 11.7. The van der Waals surface area contributed by atoms with E-state index in [9.17, 15) is 8.42 Å². The zero-order valence-corrected chi connectivity index (χ0v) is 15.7. The number of nitrogens with zero attached hydrogens (tertiary/aromatic N) is 2. The van der Waals surface area contributed by atoms with E-state index in [0.717, 1.165) is 32.5 Å². The Balaban J connectivity index is 4.02. The van der Waals surface area contributed by atoms with Crippen LogP contribution in [0.1, 0.15) is 40.5 Å². The highest BCUT2D eigenvalue weighted by molar-refractivity contribution is 7.91. The summed E-state index contributed by atoms with van der Waals surface area (Å²) in [4.78, 5) is 6.55. The Morgan fingerprint density at radius 3 is 2.36 bits per heavy atom. The van der Waals surface area contributed by atoms with E-state index >= 15 is 0 Å². The highest BCUT2D eigenvalue weighted by Crippen LogP contribution is 1.99. The summed E-state index contributed by atoms with van der Waals surface area (Å²) in [5.41, 5.74) is 0. The minimum atomic E-state index is -2.93. The molecular formula is C15H34N4O2S. The molecule has 0 aliphatic carbocycles. The van der Waals surface area contributed by atoms with Crippen molar-refractivity contribution in [1.29, 1.82) is 0 Å². The SMILES string of the molecule is CCN(CC)CCCC(C)NC(=NC)NCCS(=O)(=O)CC. The van der Waals surface area contributed by atoms with Crippen LogP contribution in [0.2, 0.25) is 0 Å². The van der Waals surface area contributed by atoms with Gasteiger partial charge in [0.1, 0.15) is 0 Å². The van der Waals surface area contributed by atoms with Gasteiger partial charge in [0.15, 0.2) is 15.8 Å². The zero-order chi connectivity index (χ0) is 17.0. The van der Waals surface area contributed by atoms with Gasteiger partial charge in [0.05, 0.1) is 5.75 Å². The number of hydrogen-bond acceptors (Lipinski definition) is 4. The minimum absolute atomic E-state index is 0.139. The number of sulfone groups is 1. The second-order valence-corrected chi connectivity index (χ2v) is 7.92. The van der Waals surface area contributed by atoms with E-state index in [1.807, 2.05) is 0 Å². The van der Waals surface area contributed by atoms with Crippen LogP contribution in [0.3, 0.4) is 0 Å². The fraction of sp³-hybridized carbons (Fsp3) is 0.933. The lowest BCUT2D eigenvalue weighted by atomic mass is 10.2. The standard InChI is InChI=1S/C15H34N4O2S/c1-6-19(7-2)12-9-10-14(4)18-15(16-5)17-11-13-22(20,21)8-3/h14H,6-13H2,1-5H3,(H2,16,17,18). The third-order valence-electron chi connectivity index (χ3n) is 3.76. The first-order chi connectivity index (χ1) is 10.4. The van der Waals surface area contributed by atoms with Crippen LogP contribution >= 0.6 is 0 Å². The molecular weight excluding hydrogens is 300 g/mol. The summed E-state index contributed by atoms with van der Waals surface area (Å²) in [6, 6.07) is 0.310. The molecule has 7 heteroatoms. The van der Waals surface area contributed by atoms with Crippen molar-refractivity contribution in [2.24, 2.45) is 4.99 Å². The molecule has 22 heavy (non-hydrogen) atoms. The molecule has 0 aliphatic rings. The summed E-state index contributed by atoms with van der Waals surface area (Å²) < 4.78 is 22.9. The lowest BCUT2D eigenvalue weighted by Gasteiger charge is -2.21. The van der Waals surface area contributed by atoms with Gasteiger partial charge in [-0.05, 0) is 39.4 Å². The van der Waals surface area contributed by atoms with E-state index < -0.39 is 9.84 Å². The Labute approximate surface area is 136 Å². The summed E-state index contributed by atoms with van der Waals surface area (Å²) in [6.45, 7) is 11.8. The van der Waals surface area contributed by atoms with Gasteiger partial charge >= 0.3 is 0 Å². The third-order valence-corrected chi connectivity index (χ3v) is 5.46. The molecule has 0 heterocycles. The lowest BCUT2D eigenvalue weighted by molar-refractivity contribution is 0.292. The fourth-order valence-electron chi connectivity index (χ4n) is 2.13. The van der Waals surface area contributed by atoms with Crippen molar-refractivity contribution < 1.29 is 8.42 Å². The van der Waals surface area contributed by atoms with E-state index in [1.165, 1.54) is 0 Å². The van der Waals surface area contributed by atoms with Crippen molar-refractivity contribution in [3.63, 3.8) is 0 Å². The predicted octanol–water partition coefficient (Wildman–Crippen LogP) is 1.10. The molecule has 6 nitrogen and oxygen atoms in total. The molecule has 1 unspecified atom stereocenters. The minimum Gasteiger partial charge on any atom is -0.355 e. The molecule has 0 bridgehead atoms. The van der Waals surface area contributed by atoms with Crippen LogP contribution in [0, 0.1) is 0 Å². The van der Waals surface area contributed by atoms with Gasteiger partial charge in [-0.25, -0.2) is 8.42 Å². The van der Waals surface area contributed by atoms with Crippen LogP contribution in [0.25, 0.3) is 0 Å². The molecule has 1 atom stereocenters. The summed E-state index contributed by atoms with van der Waals surface area (Å²) in [7, 11) is -1.23. The Kier molecular flexibility index (Phi) is 11.3. The molecule has 0 aromatic rings. The van der Waals surface area contributed by atoms with E-state index in [1.54, 1.807) is 14.0 Å². The van der Waals surface area contributed by atoms with E-state index in [-0.39, 0.29) is 11.5 Å². The molecule has 0 saturated carbocycles. The maximum atomic E-state index is 11.4. The molecule has 0 spiro atoms. The molecule has 0 rings (SSSR count). The monoisotopic (exact) mass is 334 g/mol. The van der Waals surface area contributed by atoms with Crippen molar-refractivity contribution in [1.82, 2.24) is 15.5 Å². The number of guanidine groups is 1. The molecule has 0 aromatic carbocycles. The first-order valence-electron chi connectivity index (χ1n) is 8.28. The number of aliphatic imine (C=N–C) groups is 1. The van der Waals surface area contributed by atoms with Gasteiger partial charge in [-0.2, -0.15) is 0 Å². The molecule has 0 radical (unpaired) electrons.